The van der Waals surface area contributed by atoms with Crippen LogP contribution < -0.4 is 5.32 Å². The van der Waals surface area contributed by atoms with Crippen LogP contribution in [0.25, 0.3) is 0 Å². The standard InChI is InChI=1S/C17H22N2O/c1-2-5-14(6-3-1)13-20-17-8-4-7-16(19-17)15-9-11-18-12-10-15/h1-3,5-7,15,18H,4,8-13H2. The van der Waals surface area contributed by atoms with Crippen molar-refractivity contribution in [1.29, 1.82) is 0 Å². The van der Waals surface area contributed by atoms with Crippen LogP contribution >= 0.6 is 0 Å². The highest BCUT2D eigenvalue weighted by atomic mass is 16.5. The first-order valence-corrected chi connectivity index (χ1v) is 7.57. The highest BCUT2D eigenvalue weighted by Gasteiger charge is 2.20. The molecule has 2 aliphatic rings. The van der Waals surface area contributed by atoms with Crippen LogP contribution in [0.15, 0.2) is 47.1 Å². The number of nitrogens with one attached hydrogen (secondary N) is 1. The van der Waals surface area contributed by atoms with Crippen LogP contribution in [0.3, 0.4) is 0 Å². The lowest BCUT2D eigenvalue weighted by Crippen LogP contribution is -2.29. The Bertz CT molecular complexity index is 487. The minimum atomic E-state index is 0.617. The van der Waals surface area contributed by atoms with E-state index >= 15 is 0 Å². The molecule has 3 rings (SSSR count). The Balaban J connectivity index is 1.59. The average Bonchev–Trinajstić information content (AvgIpc) is 2.55. The van der Waals surface area contributed by atoms with Crippen LogP contribution in [0.2, 0.25) is 0 Å². The summed E-state index contributed by atoms with van der Waals surface area (Å²) in [5.41, 5.74) is 2.45. The molecule has 1 saturated heterocycles. The van der Waals surface area contributed by atoms with Crippen molar-refractivity contribution in [3.63, 3.8) is 0 Å². The lowest BCUT2D eigenvalue weighted by Gasteiger charge is -2.25. The number of allylic oxidation sites excluding steroid dienone is 2. The van der Waals surface area contributed by atoms with Gasteiger partial charge in [-0.05, 0) is 37.9 Å². The second kappa shape index (κ2) is 6.71. The molecule has 0 amide bonds. The summed E-state index contributed by atoms with van der Waals surface area (Å²) in [7, 11) is 0. The van der Waals surface area contributed by atoms with Gasteiger partial charge in [-0.1, -0.05) is 36.4 Å². The number of hydrogen-bond donors (Lipinski definition) is 1. The van der Waals surface area contributed by atoms with Gasteiger partial charge in [0.15, 0.2) is 5.90 Å². The Labute approximate surface area is 120 Å². The fraction of sp³-hybridized carbons (Fsp3) is 0.471. The average molecular weight is 270 g/mol. The first kappa shape index (κ1) is 13.4. The molecule has 1 N–H and O–H groups in total. The smallest absolute Gasteiger partial charge is 0.188 e. The van der Waals surface area contributed by atoms with Crippen LogP contribution in [0, 0.1) is 5.92 Å². The fourth-order valence-corrected chi connectivity index (χ4v) is 2.81. The van der Waals surface area contributed by atoms with Crippen LogP contribution in [0.4, 0.5) is 0 Å². The molecule has 20 heavy (non-hydrogen) atoms. The topological polar surface area (TPSA) is 33.6 Å². The molecular weight excluding hydrogens is 248 g/mol. The third-order valence-corrected chi connectivity index (χ3v) is 3.97. The highest BCUT2D eigenvalue weighted by molar-refractivity contribution is 5.78. The largest absolute Gasteiger partial charge is 0.476 e. The minimum Gasteiger partial charge on any atom is -0.476 e. The van der Waals surface area contributed by atoms with Gasteiger partial charge in [0.05, 0.1) is 0 Å². The van der Waals surface area contributed by atoms with E-state index in [4.69, 9.17) is 9.73 Å². The molecule has 0 aliphatic carbocycles. The van der Waals surface area contributed by atoms with Gasteiger partial charge in [0.1, 0.15) is 6.61 Å². The van der Waals surface area contributed by atoms with Gasteiger partial charge in [-0.2, -0.15) is 0 Å². The zero-order valence-corrected chi connectivity index (χ0v) is 11.8. The molecule has 106 valence electrons. The summed E-state index contributed by atoms with van der Waals surface area (Å²) in [5.74, 6) is 1.52. The fourth-order valence-electron chi connectivity index (χ4n) is 2.81. The van der Waals surface area contributed by atoms with Crippen molar-refractivity contribution in [2.24, 2.45) is 10.9 Å². The molecule has 0 spiro atoms. The molecule has 0 radical (unpaired) electrons. The molecule has 0 bridgehead atoms. The molecule has 1 aromatic carbocycles. The van der Waals surface area contributed by atoms with Gasteiger partial charge >= 0.3 is 0 Å². The van der Waals surface area contributed by atoms with Crippen LogP contribution in [0.1, 0.15) is 31.2 Å². The van der Waals surface area contributed by atoms with Crippen molar-refractivity contribution in [2.45, 2.75) is 32.3 Å². The second-order valence-corrected chi connectivity index (χ2v) is 5.47. The number of hydrogen-bond acceptors (Lipinski definition) is 3. The van der Waals surface area contributed by atoms with E-state index in [2.05, 4.69) is 23.5 Å². The number of nitrogens with zero attached hydrogens (tertiary/aromatic N) is 1. The van der Waals surface area contributed by atoms with Crippen LogP contribution in [-0.2, 0) is 11.3 Å². The van der Waals surface area contributed by atoms with E-state index in [1.165, 1.54) is 24.1 Å². The Morgan fingerprint density at radius 1 is 1.15 bits per heavy atom. The molecule has 2 heterocycles. The van der Waals surface area contributed by atoms with Gasteiger partial charge in [0.2, 0.25) is 0 Å². The van der Waals surface area contributed by atoms with E-state index in [9.17, 15) is 0 Å². The molecule has 3 nitrogen and oxygen atoms in total. The molecular formula is C17H22N2O. The lowest BCUT2D eigenvalue weighted by molar-refractivity contribution is 0.280. The van der Waals surface area contributed by atoms with Crippen molar-refractivity contribution < 1.29 is 4.74 Å². The first-order chi connectivity index (χ1) is 9.92. The lowest BCUT2D eigenvalue weighted by atomic mass is 9.93. The highest BCUT2D eigenvalue weighted by Crippen LogP contribution is 2.26. The quantitative estimate of drug-likeness (QED) is 0.914. The normalized spacial score (nSPS) is 20.2. The SMILES string of the molecule is C1=C(C2CCNCC2)N=C(OCc2ccccc2)CC1. The Hall–Kier alpha value is -1.61. The van der Waals surface area contributed by atoms with E-state index < -0.39 is 0 Å². The monoisotopic (exact) mass is 270 g/mol. The summed E-state index contributed by atoms with van der Waals surface area (Å²) in [4.78, 5) is 4.75. The molecule has 0 unspecified atom stereocenters. The Morgan fingerprint density at radius 2 is 1.95 bits per heavy atom. The maximum atomic E-state index is 5.88. The maximum absolute atomic E-state index is 5.88. The summed E-state index contributed by atoms with van der Waals surface area (Å²) in [6, 6.07) is 10.3. The Morgan fingerprint density at radius 3 is 2.75 bits per heavy atom. The minimum absolute atomic E-state index is 0.617. The number of rotatable bonds is 3. The summed E-state index contributed by atoms with van der Waals surface area (Å²) in [6.45, 7) is 2.84. The third kappa shape index (κ3) is 3.48. The Kier molecular flexibility index (Phi) is 4.49. The molecule has 3 heteroatoms. The molecule has 1 aromatic rings. The summed E-state index contributed by atoms with van der Waals surface area (Å²) in [6.07, 6.45) is 6.68. The van der Waals surface area contributed by atoms with Crippen molar-refractivity contribution in [3.8, 4) is 0 Å². The number of aliphatic imine (C=N–C) groups is 1. The van der Waals surface area contributed by atoms with Crippen molar-refractivity contribution in [2.75, 3.05) is 13.1 Å². The second-order valence-electron chi connectivity index (χ2n) is 5.47. The predicted octanol–water partition coefficient (Wildman–Crippen LogP) is 3.28. The zero-order valence-electron chi connectivity index (χ0n) is 11.8. The first-order valence-electron chi connectivity index (χ1n) is 7.57. The number of ether oxygens (including phenoxy) is 1. The third-order valence-electron chi connectivity index (χ3n) is 3.97. The molecule has 1 fully saturated rings. The van der Waals surface area contributed by atoms with E-state index in [-0.39, 0.29) is 0 Å². The van der Waals surface area contributed by atoms with E-state index in [1.54, 1.807) is 0 Å². The zero-order chi connectivity index (χ0) is 13.6. The van der Waals surface area contributed by atoms with Crippen LogP contribution in [-0.4, -0.2) is 19.0 Å². The number of benzene rings is 1. The summed E-state index contributed by atoms with van der Waals surface area (Å²) in [5, 5.41) is 3.40. The van der Waals surface area contributed by atoms with E-state index in [0.717, 1.165) is 31.8 Å². The molecule has 0 saturated carbocycles. The van der Waals surface area contributed by atoms with Gasteiger partial charge in [-0.25, -0.2) is 4.99 Å². The van der Waals surface area contributed by atoms with Crippen molar-refractivity contribution in [1.82, 2.24) is 5.32 Å². The van der Waals surface area contributed by atoms with Crippen molar-refractivity contribution >= 4 is 5.90 Å². The van der Waals surface area contributed by atoms with Gasteiger partial charge in [0.25, 0.3) is 0 Å². The molecule has 0 atom stereocenters. The van der Waals surface area contributed by atoms with Gasteiger partial charge in [-0.15, -0.1) is 0 Å². The van der Waals surface area contributed by atoms with E-state index in [1.807, 2.05) is 18.2 Å². The van der Waals surface area contributed by atoms with Gasteiger partial charge in [-0.3, -0.25) is 0 Å². The predicted molar refractivity (Wildman–Crippen MR) is 81.6 cm³/mol. The van der Waals surface area contributed by atoms with Crippen molar-refractivity contribution in [3.05, 3.63) is 47.7 Å². The van der Waals surface area contributed by atoms with Crippen LogP contribution in [0.5, 0.6) is 0 Å². The summed E-state index contributed by atoms with van der Waals surface area (Å²) < 4.78 is 5.88. The molecule has 0 aromatic heterocycles. The number of piperidine rings is 1. The molecule has 2 aliphatic heterocycles. The maximum Gasteiger partial charge on any atom is 0.188 e. The van der Waals surface area contributed by atoms with Gasteiger partial charge in [0, 0.05) is 18.0 Å². The summed E-state index contributed by atoms with van der Waals surface area (Å²) >= 11 is 0. The van der Waals surface area contributed by atoms with E-state index in [0.29, 0.717) is 12.5 Å². The van der Waals surface area contributed by atoms with Gasteiger partial charge < -0.3 is 10.1 Å².